The lowest BCUT2D eigenvalue weighted by molar-refractivity contribution is -0.384. The van der Waals surface area contributed by atoms with Gasteiger partial charge < -0.3 is 15.0 Å². The number of carbonyl (C=O) groups is 3. The van der Waals surface area contributed by atoms with E-state index in [1.165, 1.54) is 35.2 Å². The molecule has 9 nitrogen and oxygen atoms in total. The quantitative estimate of drug-likeness (QED) is 0.465. The molecule has 0 aliphatic carbocycles. The van der Waals surface area contributed by atoms with Crippen molar-refractivity contribution in [1.82, 2.24) is 0 Å². The molecule has 2 amide bonds. The van der Waals surface area contributed by atoms with Crippen molar-refractivity contribution in [2.24, 2.45) is 0 Å². The lowest BCUT2D eigenvalue weighted by Crippen LogP contribution is -2.27. The molecule has 9 heteroatoms. The maximum Gasteiger partial charge on any atom is 0.340 e. The molecule has 0 aromatic heterocycles. The van der Waals surface area contributed by atoms with Gasteiger partial charge in [0, 0.05) is 30.8 Å². The second-order valence-electron chi connectivity index (χ2n) is 6.09. The van der Waals surface area contributed by atoms with Gasteiger partial charge in [0.2, 0.25) is 5.91 Å². The van der Waals surface area contributed by atoms with Crippen molar-refractivity contribution in [1.29, 1.82) is 0 Å². The van der Waals surface area contributed by atoms with Crippen molar-refractivity contribution in [3.8, 4) is 0 Å². The van der Waals surface area contributed by atoms with Gasteiger partial charge in [0.05, 0.1) is 16.2 Å². The number of nitro groups is 1. The highest BCUT2D eigenvalue weighted by Gasteiger charge is 2.26. The number of hydrogen-bond acceptors (Lipinski definition) is 6. The Bertz CT molecular complexity index is 926. The van der Waals surface area contributed by atoms with E-state index < -0.39 is 23.4 Å². The molecule has 1 fully saturated rings. The van der Waals surface area contributed by atoms with Crippen LogP contribution in [-0.2, 0) is 14.3 Å². The molecule has 3 rings (SSSR count). The Balaban J connectivity index is 1.60. The van der Waals surface area contributed by atoms with Crippen molar-refractivity contribution >= 4 is 34.8 Å². The van der Waals surface area contributed by atoms with Crippen LogP contribution in [0.4, 0.5) is 17.1 Å². The summed E-state index contributed by atoms with van der Waals surface area (Å²) in [5.74, 6) is -1.36. The van der Waals surface area contributed by atoms with Gasteiger partial charge in [0.25, 0.3) is 11.6 Å². The van der Waals surface area contributed by atoms with Crippen LogP contribution in [0.3, 0.4) is 0 Å². The lowest BCUT2D eigenvalue weighted by atomic mass is 10.1. The highest BCUT2D eigenvalue weighted by Crippen LogP contribution is 2.26. The van der Waals surface area contributed by atoms with E-state index in [1.54, 1.807) is 18.2 Å². The van der Waals surface area contributed by atoms with Gasteiger partial charge in [0.1, 0.15) is 0 Å². The van der Waals surface area contributed by atoms with Crippen LogP contribution in [0.1, 0.15) is 23.2 Å². The molecule has 1 aliphatic heterocycles. The third-order valence-corrected chi connectivity index (χ3v) is 4.18. The normalized spacial score (nSPS) is 13.3. The third kappa shape index (κ3) is 4.32. The van der Waals surface area contributed by atoms with E-state index in [-0.39, 0.29) is 17.2 Å². The van der Waals surface area contributed by atoms with Crippen LogP contribution in [0, 0.1) is 10.1 Å². The average molecular weight is 383 g/mol. The molecule has 2 aromatic carbocycles. The molecule has 1 heterocycles. The van der Waals surface area contributed by atoms with Gasteiger partial charge in [-0.05, 0) is 30.7 Å². The summed E-state index contributed by atoms with van der Waals surface area (Å²) in [6.07, 6.45) is 1.15. The van der Waals surface area contributed by atoms with E-state index in [0.717, 1.165) is 6.42 Å². The number of non-ortho nitro benzene ring substituents is 1. The molecule has 2 aromatic rings. The molecule has 0 unspecified atom stereocenters. The van der Waals surface area contributed by atoms with E-state index in [1.807, 2.05) is 0 Å². The minimum Gasteiger partial charge on any atom is -0.452 e. The van der Waals surface area contributed by atoms with E-state index in [0.29, 0.717) is 24.3 Å². The van der Waals surface area contributed by atoms with Crippen LogP contribution in [0.15, 0.2) is 48.5 Å². The third-order valence-electron chi connectivity index (χ3n) is 4.18. The number of carbonyl (C=O) groups excluding carboxylic acids is 3. The highest BCUT2D eigenvalue weighted by molar-refractivity contribution is 6.04. The number of nitrogens with one attached hydrogen (secondary N) is 1. The number of nitrogens with zero attached hydrogens (tertiary/aromatic N) is 2. The highest BCUT2D eigenvalue weighted by atomic mass is 16.6. The fourth-order valence-electron chi connectivity index (χ4n) is 2.86. The molecular weight excluding hydrogens is 366 g/mol. The summed E-state index contributed by atoms with van der Waals surface area (Å²) in [5, 5.41) is 13.1. The number of hydrogen-bond donors (Lipinski definition) is 1. The number of anilines is 2. The number of benzene rings is 2. The first-order valence-corrected chi connectivity index (χ1v) is 8.56. The van der Waals surface area contributed by atoms with E-state index in [2.05, 4.69) is 5.32 Å². The summed E-state index contributed by atoms with van der Waals surface area (Å²) >= 11 is 0. The van der Waals surface area contributed by atoms with E-state index in [9.17, 15) is 24.5 Å². The molecule has 1 N–H and O–H groups in total. The van der Waals surface area contributed by atoms with Crippen molar-refractivity contribution in [2.75, 3.05) is 23.4 Å². The Kier molecular flexibility index (Phi) is 5.64. The van der Waals surface area contributed by atoms with Crippen molar-refractivity contribution in [2.45, 2.75) is 12.8 Å². The second-order valence-corrected chi connectivity index (χ2v) is 6.09. The first-order chi connectivity index (χ1) is 13.5. The zero-order valence-corrected chi connectivity index (χ0v) is 14.8. The van der Waals surface area contributed by atoms with Crippen molar-refractivity contribution < 1.29 is 24.0 Å². The predicted molar refractivity (Wildman–Crippen MR) is 100 cm³/mol. The molecule has 0 saturated carbocycles. The summed E-state index contributed by atoms with van der Waals surface area (Å²) in [7, 11) is 0. The second kappa shape index (κ2) is 8.30. The molecule has 0 atom stereocenters. The van der Waals surface area contributed by atoms with Gasteiger partial charge in [-0.3, -0.25) is 19.7 Å². The number of amides is 2. The monoisotopic (exact) mass is 383 g/mol. The molecule has 0 bridgehead atoms. The van der Waals surface area contributed by atoms with Gasteiger partial charge in [-0.1, -0.05) is 12.1 Å². The maximum atomic E-state index is 12.4. The number of esters is 1. The number of rotatable bonds is 6. The number of nitro benzene ring substituents is 1. The van der Waals surface area contributed by atoms with E-state index in [4.69, 9.17) is 4.74 Å². The molecule has 1 aliphatic rings. The Hall–Kier alpha value is -3.75. The van der Waals surface area contributed by atoms with Gasteiger partial charge in [-0.15, -0.1) is 0 Å². The van der Waals surface area contributed by atoms with Gasteiger partial charge in [0.15, 0.2) is 6.61 Å². The first-order valence-electron chi connectivity index (χ1n) is 8.56. The Morgan fingerprint density at radius 1 is 1.14 bits per heavy atom. The summed E-state index contributed by atoms with van der Waals surface area (Å²) in [4.78, 5) is 47.9. The summed E-state index contributed by atoms with van der Waals surface area (Å²) in [5.41, 5.74) is 0.916. The standard InChI is InChI=1S/C19H17N3O6/c23-17(20-13-7-9-14(10-8-13)22(26)27)12-28-19(25)15-4-1-2-5-16(15)21-11-3-6-18(21)24/h1-2,4-5,7-10H,3,6,11-12H2,(H,20,23). The molecule has 0 radical (unpaired) electrons. The summed E-state index contributed by atoms with van der Waals surface area (Å²) < 4.78 is 5.06. The zero-order valence-electron chi connectivity index (χ0n) is 14.8. The van der Waals surface area contributed by atoms with E-state index >= 15 is 0 Å². The largest absolute Gasteiger partial charge is 0.452 e. The minimum absolute atomic E-state index is 0.0591. The fourth-order valence-corrected chi connectivity index (χ4v) is 2.86. The first kappa shape index (κ1) is 19.0. The van der Waals surface area contributed by atoms with Crippen LogP contribution < -0.4 is 10.2 Å². The Labute approximate surface area is 160 Å². The van der Waals surface area contributed by atoms with Crippen LogP contribution in [-0.4, -0.2) is 35.9 Å². The fraction of sp³-hybridized carbons (Fsp3) is 0.211. The van der Waals surface area contributed by atoms with Crippen molar-refractivity contribution in [3.63, 3.8) is 0 Å². The predicted octanol–water partition coefficient (Wildman–Crippen LogP) is 2.52. The Morgan fingerprint density at radius 2 is 1.86 bits per heavy atom. The lowest BCUT2D eigenvalue weighted by Gasteiger charge is -2.18. The molecular formula is C19H17N3O6. The molecule has 144 valence electrons. The average Bonchev–Trinajstić information content (AvgIpc) is 3.12. The summed E-state index contributed by atoms with van der Waals surface area (Å²) in [6.45, 7) is 0.00184. The van der Waals surface area contributed by atoms with Gasteiger partial charge >= 0.3 is 5.97 Å². The number of ether oxygens (including phenoxy) is 1. The maximum absolute atomic E-state index is 12.4. The van der Waals surface area contributed by atoms with Crippen LogP contribution >= 0.6 is 0 Å². The van der Waals surface area contributed by atoms with Crippen molar-refractivity contribution in [3.05, 3.63) is 64.2 Å². The molecule has 0 spiro atoms. The van der Waals surface area contributed by atoms with Gasteiger partial charge in [-0.2, -0.15) is 0 Å². The Morgan fingerprint density at radius 3 is 2.50 bits per heavy atom. The topological polar surface area (TPSA) is 119 Å². The zero-order chi connectivity index (χ0) is 20.1. The van der Waals surface area contributed by atoms with Crippen LogP contribution in [0.5, 0.6) is 0 Å². The summed E-state index contributed by atoms with van der Waals surface area (Å²) in [6, 6.07) is 11.8. The van der Waals surface area contributed by atoms with Crippen LogP contribution in [0.2, 0.25) is 0 Å². The minimum atomic E-state index is -0.714. The van der Waals surface area contributed by atoms with Crippen LogP contribution in [0.25, 0.3) is 0 Å². The van der Waals surface area contributed by atoms with Gasteiger partial charge in [-0.25, -0.2) is 4.79 Å². The molecule has 28 heavy (non-hydrogen) atoms. The number of para-hydroxylation sites is 1. The molecule has 1 saturated heterocycles. The SMILES string of the molecule is O=C(COC(=O)c1ccccc1N1CCCC1=O)Nc1ccc([N+](=O)[O-])cc1. The smallest absolute Gasteiger partial charge is 0.340 e.